The van der Waals surface area contributed by atoms with Crippen molar-refractivity contribution in [2.45, 2.75) is 107 Å². The third kappa shape index (κ3) is 8.42. The Morgan fingerprint density at radius 2 is 1.46 bits per heavy atom. The molecule has 8 nitrogen and oxygen atoms in total. The molecular formula is C28H38N2O6S. The van der Waals surface area contributed by atoms with Crippen LogP contribution >= 0.6 is 11.8 Å². The van der Waals surface area contributed by atoms with E-state index in [0.29, 0.717) is 11.1 Å². The molecule has 2 aliphatic heterocycles. The quantitative estimate of drug-likeness (QED) is 0.158. The van der Waals surface area contributed by atoms with Crippen molar-refractivity contribution in [2.75, 3.05) is 5.75 Å². The highest BCUT2D eigenvalue weighted by atomic mass is 32.2. The first-order chi connectivity index (χ1) is 17.9. The summed E-state index contributed by atoms with van der Waals surface area (Å²) in [4.78, 5) is 62.0. The van der Waals surface area contributed by atoms with Crippen molar-refractivity contribution in [1.29, 1.82) is 0 Å². The van der Waals surface area contributed by atoms with Crippen LogP contribution in [0.15, 0.2) is 23.1 Å². The van der Waals surface area contributed by atoms with E-state index in [1.807, 2.05) is 6.07 Å². The molecule has 9 heteroatoms. The Kier molecular flexibility index (Phi) is 11.6. The second-order valence-electron chi connectivity index (χ2n) is 9.86. The van der Waals surface area contributed by atoms with Crippen molar-refractivity contribution in [3.05, 3.63) is 29.3 Å². The van der Waals surface area contributed by atoms with Gasteiger partial charge in [0.2, 0.25) is 11.8 Å². The van der Waals surface area contributed by atoms with Crippen LogP contribution in [0, 0.1) is 0 Å². The van der Waals surface area contributed by atoms with Crippen molar-refractivity contribution in [3.63, 3.8) is 0 Å². The number of aliphatic carboxylic acids is 1. The Morgan fingerprint density at radius 1 is 0.865 bits per heavy atom. The zero-order chi connectivity index (χ0) is 26.6. The molecule has 202 valence electrons. The van der Waals surface area contributed by atoms with E-state index in [2.05, 4.69) is 5.32 Å². The Bertz CT molecular complexity index is 995. The molecule has 0 bridgehead atoms. The van der Waals surface area contributed by atoms with Crippen LogP contribution < -0.4 is 5.32 Å². The van der Waals surface area contributed by atoms with Gasteiger partial charge in [0.1, 0.15) is 6.04 Å². The summed E-state index contributed by atoms with van der Waals surface area (Å²) in [6, 6.07) is 4.32. The summed E-state index contributed by atoms with van der Waals surface area (Å²) in [5.41, 5.74) is 0.712. The summed E-state index contributed by atoms with van der Waals surface area (Å²) >= 11 is 1.58. The molecule has 1 aromatic carbocycles. The van der Waals surface area contributed by atoms with Crippen LogP contribution in [0.25, 0.3) is 0 Å². The van der Waals surface area contributed by atoms with Gasteiger partial charge in [0.25, 0.3) is 11.8 Å². The minimum Gasteiger partial charge on any atom is -0.481 e. The van der Waals surface area contributed by atoms with Crippen LogP contribution in [0.4, 0.5) is 0 Å². The molecular weight excluding hydrogens is 492 g/mol. The number of thioether (sulfide) groups is 1. The maximum Gasteiger partial charge on any atom is 0.303 e. The zero-order valence-electron chi connectivity index (χ0n) is 21.5. The van der Waals surface area contributed by atoms with Gasteiger partial charge in [-0.3, -0.25) is 34.2 Å². The molecule has 1 fully saturated rings. The molecule has 4 amide bonds. The molecule has 2 aliphatic rings. The van der Waals surface area contributed by atoms with Gasteiger partial charge < -0.3 is 5.11 Å². The predicted molar refractivity (Wildman–Crippen MR) is 141 cm³/mol. The molecule has 37 heavy (non-hydrogen) atoms. The zero-order valence-corrected chi connectivity index (χ0v) is 22.3. The molecule has 1 unspecified atom stereocenters. The maximum atomic E-state index is 13.1. The number of benzene rings is 1. The standard InChI is InChI=1S/C28H38N2O6S/c31-23-18-17-21(26(34)29-23)30-27(35)20-14-13-15-22(25(20)28(30)36)37-19-12-10-8-6-4-2-1-3-5-7-9-11-16-24(32)33/h13-15,21H,1-12,16-19H2,(H,32,33)(H,29,31,34). The number of carboxylic acids is 1. The van der Waals surface area contributed by atoms with Crippen LogP contribution in [0.1, 0.15) is 117 Å². The van der Waals surface area contributed by atoms with E-state index < -0.39 is 29.7 Å². The predicted octanol–water partition coefficient (Wildman–Crippen LogP) is 5.34. The third-order valence-corrected chi connectivity index (χ3v) is 8.12. The Labute approximate surface area is 222 Å². The third-order valence-electron chi connectivity index (χ3n) is 6.97. The summed E-state index contributed by atoms with van der Waals surface area (Å²) in [6.45, 7) is 0. The fourth-order valence-corrected chi connectivity index (χ4v) is 6.02. The highest BCUT2D eigenvalue weighted by Gasteiger charge is 2.45. The Hall–Kier alpha value is -2.68. The molecule has 1 atom stereocenters. The minimum atomic E-state index is -0.938. The van der Waals surface area contributed by atoms with Crippen molar-refractivity contribution < 1.29 is 29.1 Å². The van der Waals surface area contributed by atoms with Gasteiger partial charge in [-0.15, -0.1) is 11.8 Å². The Balaban J connectivity index is 1.30. The summed E-state index contributed by atoms with van der Waals surface area (Å²) < 4.78 is 0. The monoisotopic (exact) mass is 530 g/mol. The van der Waals surface area contributed by atoms with E-state index in [9.17, 15) is 24.0 Å². The lowest BCUT2D eigenvalue weighted by Crippen LogP contribution is -2.54. The van der Waals surface area contributed by atoms with E-state index >= 15 is 0 Å². The molecule has 0 saturated carbocycles. The van der Waals surface area contributed by atoms with E-state index in [-0.39, 0.29) is 25.2 Å². The number of imide groups is 2. The van der Waals surface area contributed by atoms with Gasteiger partial charge >= 0.3 is 5.97 Å². The number of rotatable bonds is 17. The molecule has 1 saturated heterocycles. The molecule has 0 radical (unpaired) electrons. The normalized spacial score (nSPS) is 17.3. The van der Waals surface area contributed by atoms with Crippen molar-refractivity contribution in [1.82, 2.24) is 10.2 Å². The molecule has 1 aromatic rings. The number of carbonyl (C=O) groups excluding carboxylic acids is 4. The molecule has 0 spiro atoms. The average molecular weight is 531 g/mol. The molecule has 0 aromatic heterocycles. The van der Waals surface area contributed by atoms with Gasteiger partial charge in [0, 0.05) is 17.7 Å². The van der Waals surface area contributed by atoms with Crippen LogP contribution in [0.3, 0.4) is 0 Å². The van der Waals surface area contributed by atoms with Crippen LogP contribution in [0.2, 0.25) is 0 Å². The van der Waals surface area contributed by atoms with Crippen molar-refractivity contribution in [3.8, 4) is 0 Å². The fourth-order valence-electron chi connectivity index (χ4n) is 4.93. The first-order valence-electron chi connectivity index (χ1n) is 13.6. The second-order valence-corrected chi connectivity index (χ2v) is 11.0. The maximum absolute atomic E-state index is 13.1. The number of hydrogen-bond acceptors (Lipinski definition) is 6. The fraction of sp³-hybridized carbons (Fsp3) is 0.607. The van der Waals surface area contributed by atoms with E-state index in [4.69, 9.17) is 5.11 Å². The van der Waals surface area contributed by atoms with E-state index in [0.717, 1.165) is 47.7 Å². The average Bonchev–Trinajstić information content (AvgIpc) is 3.12. The van der Waals surface area contributed by atoms with Gasteiger partial charge in [-0.2, -0.15) is 0 Å². The number of carbonyl (C=O) groups is 5. The van der Waals surface area contributed by atoms with Crippen LogP contribution in [-0.4, -0.2) is 51.4 Å². The van der Waals surface area contributed by atoms with Crippen molar-refractivity contribution >= 4 is 41.4 Å². The lowest BCUT2D eigenvalue weighted by Gasteiger charge is -2.27. The number of hydrogen-bond donors (Lipinski definition) is 2. The summed E-state index contributed by atoms with van der Waals surface area (Å²) in [5, 5.41) is 10.9. The molecule has 2 N–H and O–H groups in total. The molecule has 3 rings (SSSR count). The van der Waals surface area contributed by atoms with Gasteiger partial charge in [0.15, 0.2) is 0 Å². The van der Waals surface area contributed by atoms with E-state index in [1.54, 1.807) is 23.9 Å². The summed E-state index contributed by atoms with van der Waals surface area (Å²) in [6.07, 6.45) is 14.2. The van der Waals surface area contributed by atoms with Gasteiger partial charge in [-0.25, -0.2) is 0 Å². The SMILES string of the molecule is O=C(O)CCCCCCCCCCCCCCSc1cccc2c1C(=O)N(C1CCC(=O)NC1=O)C2=O. The minimum absolute atomic E-state index is 0.113. The van der Waals surface area contributed by atoms with Crippen LogP contribution in [-0.2, 0) is 14.4 Å². The lowest BCUT2D eigenvalue weighted by atomic mass is 10.0. The van der Waals surface area contributed by atoms with Crippen molar-refractivity contribution in [2.24, 2.45) is 0 Å². The first-order valence-corrected chi connectivity index (χ1v) is 14.6. The number of amides is 4. The smallest absolute Gasteiger partial charge is 0.303 e. The number of carboxylic acid groups (broad SMARTS) is 1. The summed E-state index contributed by atoms with van der Waals surface area (Å²) in [5.74, 6) is -1.72. The number of fused-ring (bicyclic) bond motifs is 1. The van der Waals surface area contributed by atoms with Gasteiger partial charge in [0.05, 0.1) is 11.1 Å². The second kappa shape index (κ2) is 14.9. The number of nitrogens with one attached hydrogen (secondary N) is 1. The van der Waals surface area contributed by atoms with Crippen LogP contribution in [0.5, 0.6) is 0 Å². The van der Waals surface area contributed by atoms with Gasteiger partial charge in [-0.05, 0) is 37.1 Å². The largest absolute Gasteiger partial charge is 0.481 e. The number of piperidine rings is 1. The van der Waals surface area contributed by atoms with E-state index in [1.165, 1.54) is 44.9 Å². The lowest BCUT2D eigenvalue weighted by molar-refractivity contribution is -0.138. The highest BCUT2D eigenvalue weighted by molar-refractivity contribution is 7.99. The summed E-state index contributed by atoms with van der Waals surface area (Å²) in [7, 11) is 0. The first kappa shape index (κ1) is 28.9. The van der Waals surface area contributed by atoms with Gasteiger partial charge in [-0.1, -0.05) is 70.3 Å². The highest BCUT2D eigenvalue weighted by Crippen LogP contribution is 2.34. The number of nitrogens with zero attached hydrogens (tertiary/aromatic N) is 1. The Morgan fingerprint density at radius 3 is 2.05 bits per heavy atom. The molecule has 2 heterocycles. The topological polar surface area (TPSA) is 121 Å². The molecule has 0 aliphatic carbocycles. The number of unbranched alkanes of at least 4 members (excludes halogenated alkanes) is 11.